The normalized spacial score (nSPS) is 16.1. The van der Waals surface area contributed by atoms with Gasteiger partial charge in [-0.2, -0.15) is 0 Å². The van der Waals surface area contributed by atoms with Crippen LogP contribution in [0.25, 0.3) is 0 Å². The molecule has 2 fully saturated rings. The van der Waals surface area contributed by atoms with Crippen molar-refractivity contribution in [3.05, 3.63) is 84.4 Å². The highest BCUT2D eigenvalue weighted by Gasteiger charge is 2.20. The molecule has 1 heterocycles. The molecule has 1 atom stereocenters. The first-order valence-corrected chi connectivity index (χ1v) is 14.4. The van der Waals surface area contributed by atoms with Crippen molar-refractivity contribution in [3.8, 4) is 0 Å². The zero-order valence-corrected chi connectivity index (χ0v) is 24.8. The number of likely N-dealkylation sites (tertiary alicyclic amines) is 1. The standard InChI is InChI=1S/C15H23N.C9H10.C6H10O.C4H10N2/c1-14(15-8-4-2-5-9-15)10-13-16-11-6-3-7-12-16;1-2-6-9-7-4-3-5-8-9;1-5(7)6-3-2-4-6;1-4(5-2)6-3/h2,4-5,8-9,14H,3,6-7,10-13H2,1H3;2-5,7-8H,1,6H2;6H,2-4H2,1H3;1-3H3,(H,5,6). The van der Waals surface area contributed by atoms with E-state index in [-0.39, 0.29) is 0 Å². The number of benzene rings is 2. The summed E-state index contributed by atoms with van der Waals surface area (Å²) < 4.78 is 0. The summed E-state index contributed by atoms with van der Waals surface area (Å²) in [4.78, 5) is 16.9. The van der Waals surface area contributed by atoms with Gasteiger partial charge in [0, 0.05) is 20.0 Å². The predicted molar refractivity (Wildman–Crippen MR) is 166 cm³/mol. The first kappa shape index (κ1) is 33.3. The molecule has 1 saturated heterocycles. The summed E-state index contributed by atoms with van der Waals surface area (Å²) in [6.07, 6.45) is 12.0. The third-order valence-corrected chi connectivity index (χ3v) is 7.30. The number of nitrogens with zero attached hydrogens (tertiary/aromatic N) is 2. The van der Waals surface area contributed by atoms with E-state index in [9.17, 15) is 4.79 Å². The van der Waals surface area contributed by atoms with Crippen LogP contribution in [0.4, 0.5) is 0 Å². The van der Waals surface area contributed by atoms with Gasteiger partial charge in [-0.3, -0.25) is 9.79 Å². The van der Waals surface area contributed by atoms with Crippen LogP contribution >= 0.6 is 0 Å². The van der Waals surface area contributed by atoms with Crippen molar-refractivity contribution < 1.29 is 4.79 Å². The van der Waals surface area contributed by atoms with Crippen molar-refractivity contribution in [2.75, 3.05) is 33.7 Å². The van der Waals surface area contributed by atoms with Crippen molar-refractivity contribution >= 4 is 11.6 Å². The smallest absolute Gasteiger partial charge is 0.132 e. The molecule has 38 heavy (non-hydrogen) atoms. The topological polar surface area (TPSA) is 44.7 Å². The lowest BCUT2D eigenvalue weighted by Gasteiger charge is -2.27. The van der Waals surface area contributed by atoms with E-state index in [0.717, 1.165) is 25.1 Å². The average Bonchev–Trinajstić information content (AvgIpc) is 2.93. The maximum absolute atomic E-state index is 10.4. The van der Waals surface area contributed by atoms with Crippen molar-refractivity contribution in [2.24, 2.45) is 10.9 Å². The molecule has 0 aromatic heterocycles. The molecule has 0 radical (unpaired) electrons. The molecule has 1 saturated carbocycles. The van der Waals surface area contributed by atoms with E-state index < -0.39 is 0 Å². The molecular weight excluding hydrogens is 466 g/mol. The Kier molecular flexibility index (Phi) is 18.6. The predicted octanol–water partition coefficient (Wildman–Crippen LogP) is 7.71. The number of ketones is 1. The Morgan fingerprint density at radius 2 is 1.58 bits per heavy atom. The summed E-state index contributed by atoms with van der Waals surface area (Å²) in [5.74, 6) is 2.49. The van der Waals surface area contributed by atoms with Crippen molar-refractivity contribution in [2.45, 2.75) is 78.1 Å². The first-order valence-electron chi connectivity index (χ1n) is 14.4. The second-order valence-corrected chi connectivity index (χ2v) is 10.3. The SMILES string of the molecule is C=CCc1ccccc1.CC(=O)C1CCC1.CC(CCN1CCCCC1)c1ccccc1.CN=C(C)NC. The summed E-state index contributed by atoms with van der Waals surface area (Å²) in [6, 6.07) is 21.2. The van der Waals surface area contributed by atoms with E-state index >= 15 is 0 Å². The minimum absolute atomic E-state index is 0.381. The van der Waals surface area contributed by atoms with Gasteiger partial charge in [-0.25, -0.2) is 0 Å². The molecule has 4 heteroatoms. The molecule has 0 bridgehead atoms. The van der Waals surface area contributed by atoms with Gasteiger partial charge in [0.25, 0.3) is 0 Å². The number of piperidine rings is 1. The molecule has 2 aliphatic rings. The number of Topliss-reactive ketones (excluding diaryl/α,β-unsaturated/α-hetero) is 1. The summed E-state index contributed by atoms with van der Waals surface area (Å²) in [6.45, 7) is 13.5. The maximum atomic E-state index is 10.4. The van der Waals surface area contributed by atoms with Crippen LogP contribution in [-0.2, 0) is 11.2 Å². The molecule has 4 rings (SSSR count). The number of allylic oxidation sites excluding steroid dienone is 1. The lowest BCUT2D eigenvalue weighted by molar-refractivity contribution is -0.122. The van der Waals surface area contributed by atoms with Gasteiger partial charge < -0.3 is 10.2 Å². The molecule has 2 aromatic rings. The second-order valence-electron chi connectivity index (χ2n) is 10.3. The van der Waals surface area contributed by atoms with Crippen LogP contribution in [-0.4, -0.2) is 50.2 Å². The number of carbonyl (C=O) groups excluding carboxylic acids is 1. The number of nitrogens with one attached hydrogen (secondary N) is 1. The molecule has 2 aromatic carbocycles. The number of rotatable bonds is 7. The van der Waals surface area contributed by atoms with Gasteiger partial charge in [-0.15, -0.1) is 6.58 Å². The molecule has 1 unspecified atom stereocenters. The van der Waals surface area contributed by atoms with Crippen LogP contribution in [0.5, 0.6) is 0 Å². The highest BCUT2D eigenvalue weighted by molar-refractivity contribution is 5.79. The Bertz CT molecular complexity index is 884. The lowest BCUT2D eigenvalue weighted by Crippen LogP contribution is -2.31. The van der Waals surface area contributed by atoms with Gasteiger partial charge in [0.2, 0.25) is 0 Å². The Hall–Kier alpha value is -2.72. The summed E-state index contributed by atoms with van der Waals surface area (Å²) >= 11 is 0. The van der Waals surface area contributed by atoms with E-state index in [1.165, 1.54) is 62.9 Å². The molecule has 4 nitrogen and oxygen atoms in total. The van der Waals surface area contributed by atoms with Crippen LogP contribution in [0.2, 0.25) is 0 Å². The van der Waals surface area contributed by atoms with Gasteiger partial charge in [-0.05, 0) is 89.1 Å². The molecule has 0 spiro atoms. The maximum Gasteiger partial charge on any atom is 0.132 e. The first-order chi connectivity index (χ1) is 18.4. The quantitative estimate of drug-likeness (QED) is 0.231. The van der Waals surface area contributed by atoms with Gasteiger partial charge >= 0.3 is 0 Å². The summed E-state index contributed by atoms with van der Waals surface area (Å²) in [5, 5.41) is 2.86. The van der Waals surface area contributed by atoms with Gasteiger partial charge in [0.05, 0.1) is 5.84 Å². The number of aliphatic imine (C=N–C) groups is 1. The zero-order chi connectivity index (χ0) is 28.0. The monoisotopic (exact) mass is 519 g/mol. The van der Waals surface area contributed by atoms with E-state index in [2.05, 4.69) is 71.2 Å². The van der Waals surface area contributed by atoms with E-state index in [4.69, 9.17) is 0 Å². The highest BCUT2D eigenvalue weighted by atomic mass is 16.1. The van der Waals surface area contributed by atoms with Crippen molar-refractivity contribution in [1.82, 2.24) is 10.2 Å². The Morgan fingerprint density at radius 3 is 1.97 bits per heavy atom. The van der Waals surface area contributed by atoms with Gasteiger partial charge in [-0.1, -0.05) is 86.5 Å². The fourth-order valence-corrected chi connectivity index (χ4v) is 4.21. The van der Waals surface area contributed by atoms with Crippen LogP contribution < -0.4 is 5.32 Å². The fourth-order valence-electron chi connectivity index (χ4n) is 4.21. The van der Waals surface area contributed by atoms with Crippen LogP contribution in [0.3, 0.4) is 0 Å². The second kappa shape index (κ2) is 21.2. The summed E-state index contributed by atoms with van der Waals surface area (Å²) in [7, 11) is 3.61. The molecule has 1 aliphatic heterocycles. The Balaban J connectivity index is 0.000000278. The van der Waals surface area contributed by atoms with E-state index in [1.54, 1.807) is 14.0 Å². The molecular formula is C34H53N3O. The van der Waals surface area contributed by atoms with E-state index in [1.807, 2.05) is 38.2 Å². The average molecular weight is 520 g/mol. The highest BCUT2D eigenvalue weighted by Crippen LogP contribution is 2.26. The van der Waals surface area contributed by atoms with Crippen molar-refractivity contribution in [1.29, 1.82) is 0 Å². The third-order valence-electron chi connectivity index (χ3n) is 7.30. The minimum Gasteiger partial charge on any atom is -0.377 e. The lowest BCUT2D eigenvalue weighted by atomic mass is 9.83. The van der Waals surface area contributed by atoms with E-state index in [0.29, 0.717) is 17.6 Å². The Morgan fingerprint density at radius 1 is 1.00 bits per heavy atom. The van der Waals surface area contributed by atoms with Gasteiger partial charge in [0.1, 0.15) is 5.78 Å². The number of amidine groups is 1. The van der Waals surface area contributed by atoms with Crippen LogP contribution in [0.1, 0.15) is 82.8 Å². The number of hydrogen-bond acceptors (Lipinski definition) is 3. The molecule has 0 amide bonds. The zero-order valence-electron chi connectivity index (χ0n) is 24.8. The third kappa shape index (κ3) is 15.5. The summed E-state index contributed by atoms with van der Waals surface area (Å²) in [5.41, 5.74) is 2.81. The van der Waals surface area contributed by atoms with Crippen molar-refractivity contribution in [3.63, 3.8) is 0 Å². The largest absolute Gasteiger partial charge is 0.377 e. The molecule has 1 N–H and O–H groups in total. The van der Waals surface area contributed by atoms with Gasteiger partial charge in [0.15, 0.2) is 0 Å². The fraction of sp³-hybridized carbons (Fsp3) is 0.529. The molecule has 210 valence electrons. The van der Waals surface area contributed by atoms with Crippen LogP contribution in [0.15, 0.2) is 78.3 Å². The number of carbonyl (C=O) groups is 1. The molecule has 1 aliphatic carbocycles. The Labute approximate surface area is 233 Å². The van der Waals surface area contributed by atoms with Crippen LogP contribution in [0, 0.1) is 5.92 Å². The number of hydrogen-bond donors (Lipinski definition) is 1. The minimum atomic E-state index is 0.381.